The van der Waals surface area contributed by atoms with Gasteiger partial charge in [0.25, 0.3) is 0 Å². The second-order valence-electron chi connectivity index (χ2n) is 7.64. The maximum atomic E-state index is 13.4. The number of hydrogen-bond acceptors (Lipinski definition) is 4. The van der Waals surface area contributed by atoms with Crippen molar-refractivity contribution in [3.8, 4) is 11.3 Å². The molecule has 2 heterocycles. The number of amides is 1. The van der Waals surface area contributed by atoms with Gasteiger partial charge in [0.1, 0.15) is 12.4 Å². The highest BCUT2D eigenvalue weighted by molar-refractivity contribution is 7.09. The lowest BCUT2D eigenvalue weighted by atomic mass is 10.0. The van der Waals surface area contributed by atoms with Gasteiger partial charge in [0, 0.05) is 24.5 Å². The van der Waals surface area contributed by atoms with Crippen molar-refractivity contribution in [2.45, 2.75) is 19.5 Å². The SMILES string of the molecule is Cc1sc(=O)n(CC(=O)N2CCN(C)C[C@H]2c2ccccc2)c1-c1ccc(F)cc1. The Morgan fingerprint density at radius 1 is 1.10 bits per heavy atom. The molecule has 1 saturated heterocycles. The van der Waals surface area contributed by atoms with E-state index in [2.05, 4.69) is 11.9 Å². The Labute approximate surface area is 179 Å². The van der Waals surface area contributed by atoms with Crippen LogP contribution in [0.3, 0.4) is 0 Å². The van der Waals surface area contributed by atoms with Crippen LogP contribution in [0.4, 0.5) is 4.39 Å². The monoisotopic (exact) mass is 425 g/mol. The summed E-state index contributed by atoms with van der Waals surface area (Å²) < 4.78 is 14.9. The van der Waals surface area contributed by atoms with Crippen molar-refractivity contribution in [2.24, 2.45) is 0 Å². The van der Waals surface area contributed by atoms with Crippen LogP contribution in [0.5, 0.6) is 0 Å². The van der Waals surface area contributed by atoms with Crippen LogP contribution in [-0.2, 0) is 11.3 Å². The second-order valence-corrected chi connectivity index (χ2v) is 8.81. The number of hydrogen-bond donors (Lipinski definition) is 0. The molecule has 0 unspecified atom stereocenters. The van der Waals surface area contributed by atoms with Gasteiger partial charge in [-0.05, 0) is 49.4 Å². The summed E-state index contributed by atoms with van der Waals surface area (Å²) in [6.45, 7) is 3.98. The van der Waals surface area contributed by atoms with Crippen LogP contribution in [0.15, 0.2) is 59.4 Å². The van der Waals surface area contributed by atoms with Crippen LogP contribution in [-0.4, -0.2) is 47.0 Å². The molecule has 1 aromatic heterocycles. The number of aromatic nitrogens is 1. The summed E-state index contributed by atoms with van der Waals surface area (Å²) in [7, 11) is 2.05. The zero-order valence-corrected chi connectivity index (χ0v) is 17.9. The Bertz CT molecular complexity index is 1090. The van der Waals surface area contributed by atoms with Gasteiger partial charge >= 0.3 is 4.87 Å². The van der Waals surface area contributed by atoms with E-state index in [-0.39, 0.29) is 29.2 Å². The molecular formula is C23H24FN3O2S. The van der Waals surface area contributed by atoms with Gasteiger partial charge in [-0.15, -0.1) is 0 Å². The molecule has 1 atom stereocenters. The van der Waals surface area contributed by atoms with Crippen molar-refractivity contribution in [3.05, 3.63) is 80.5 Å². The molecule has 5 nitrogen and oxygen atoms in total. The predicted molar refractivity (Wildman–Crippen MR) is 117 cm³/mol. The highest BCUT2D eigenvalue weighted by Crippen LogP contribution is 2.28. The van der Waals surface area contributed by atoms with Crippen LogP contribution < -0.4 is 4.87 Å². The van der Waals surface area contributed by atoms with Crippen molar-refractivity contribution < 1.29 is 9.18 Å². The van der Waals surface area contributed by atoms with Crippen LogP contribution in [0.2, 0.25) is 0 Å². The molecule has 3 aromatic rings. The third-order valence-corrected chi connectivity index (χ3v) is 6.46. The lowest BCUT2D eigenvalue weighted by Crippen LogP contribution is -2.50. The van der Waals surface area contributed by atoms with Gasteiger partial charge in [0.05, 0.1) is 11.7 Å². The highest BCUT2D eigenvalue weighted by Gasteiger charge is 2.31. The molecule has 1 aliphatic heterocycles. The number of piperazine rings is 1. The van der Waals surface area contributed by atoms with Crippen molar-refractivity contribution in [3.63, 3.8) is 0 Å². The number of nitrogens with zero attached hydrogens (tertiary/aromatic N) is 3. The van der Waals surface area contributed by atoms with E-state index in [0.29, 0.717) is 12.2 Å². The standard InChI is InChI=1S/C23H24FN3O2S/c1-16-22(18-8-10-19(24)11-9-18)27(23(29)30-16)15-21(28)26-13-12-25(2)14-20(26)17-6-4-3-5-7-17/h3-11,20H,12-15H2,1-2H3/t20-/m0/s1. The lowest BCUT2D eigenvalue weighted by Gasteiger charge is -2.40. The van der Waals surface area contributed by atoms with Gasteiger partial charge in [-0.1, -0.05) is 41.7 Å². The molecule has 4 rings (SSSR count). The van der Waals surface area contributed by atoms with Crippen molar-refractivity contribution in [1.29, 1.82) is 0 Å². The van der Waals surface area contributed by atoms with Crippen LogP contribution in [0.25, 0.3) is 11.3 Å². The average Bonchev–Trinajstić information content (AvgIpc) is 3.02. The topological polar surface area (TPSA) is 45.6 Å². The number of likely N-dealkylation sites (N-methyl/N-ethyl adjacent to an activating group) is 1. The predicted octanol–water partition coefficient (Wildman–Crippen LogP) is 3.54. The first kappa shape index (κ1) is 20.5. The molecular weight excluding hydrogens is 401 g/mol. The summed E-state index contributed by atoms with van der Waals surface area (Å²) >= 11 is 1.12. The van der Waals surface area contributed by atoms with E-state index in [9.17, 15) is 14.0 Å². The van der Waals surface area contributed by atoms with Crippen LogP contribution in [0.1, 0.15) is 16.5 Å². The molecule has 2 aromatic carbocycles. The van der Waals surface area contributed by atoms with Gasteiger partial charge < -0.3 is 9.80 Å². The third kappa shape index (κ3) is 4.08. The van der Waals surface area contributed by atoms with Gasteiger partial charge in [-0.3, -0.25) is 14.2 Å². The Balaban J connectivity index is 1.65. The smallest absolute Gasteiger partial charge is 0.308 e. The molecule has 0 N–H and O–H groups in total. The molecule has 1 fully saturated rings. The Morgan fingerprint density at radius 3 is 2.50 bits per heavy atom. The zero-order valence-electron chi connectivity index (χ0n) is 17.0. The van der Waals surface area contributed by atoms with Crippen molar-refractivity contribution in [2.75, 3.05) is 26.7 Å². The summed E-state index contributed by atoms with van der Waals surface area (Å²) in [4.78, 5) is 30.7. The van der Waals surface area contributed by atoms with Crippen molar-refractivity contribution >= 4 is 17.2 Å². The summed E-state index contributed by atoms with van der Waals surface area (Å²) in [6.07, 6.45) is 0. The molecule has 0 saturated carbocycles. The Morgan fingerprint density at radius 2 is 1.80 bits per heavy atom. The fourth-order valence-electron chi connectivity index (χ4n) is 4.03. The molecule has 156 valence electrons. The van der Waals surface area contributed by atoms with Gasteiger partial charge in [-0.25, -0.2) is 4.39 Å². The van der Waals surface area contributed by atoms with E-state index in [4.69, 9.17) is 0 Å². The molecule has 1 amide bonds. The minimum absolute atomic E-state index is 0.0249. The normalized spacial score (nSPS) is 17.3. The second kappa shape index (κ2) is 8.53. The van der Waals surface area contributed by atoms with Gasteiger partial charge in [0.2, 0.25) is 5.91 Å². The minimum atomic E-state index is -0.334. The maximum absolute atomic E-state index is 13.4. The number of thiazole rings is 1. The largest absolute Gasteiger partial charge is 0.332 e. The number of carbonyl (C=O) groups excluding carboxylic acids is 1. The first-order valence-corrected chi connectivity index (χ1v) is 10.7. The summed E-state index contributed by atoms with van der Waals surface area (Å²) in [6, 6.07) is 16.0. The summed E-state index contributed by atoms with van der Waals surface area (Å²) in [5.74, 6) is -0.417. The number of aryl methyl sites for hydroxylation is 1. The van der Waals surface area contributed by atoms with E-state index < -0.39 is 0 Å². The maximum Gasteiger partial charge on any atom is 0.308 e. The molecule has 30 heavy (non-hydrogen) atoms. The average molecular weight is 426 g/mol. The van der Waals surface area contributed by atoms with E-state index >= 15 is 0 Å². The lowest BCUT2D eigenvalue weighted by molar-refractivity contribution is -0.136. The number of halogens is 1. The molecule has 7 heteroatoms. The fraction of sp³-hybridized carbons (Fsp3) is 0.304. The Hall–Kier alpha value is -2.77. The van der Waals surface area contributed by atoms with E-state index in [1.807, 2.05) is 42.2 Å². The first-order chi connectivity index (χ1) is 14.4. The van der Waals surface area contributed by atoms with E-state index in [0.717, 1.165) is 40.4 Å². The summed E-state index contributed by atoms with van der Waals surface area (Å²) in [5, 5.41) is 0. The minimum Gasteiger partial charge on any atom is -0.332 e. The number of rotatable bonds is 4. The molecule has 0 spiro atoms. The third-order valence-electron chi connectivity index (χ3n) is 5.56. The molecule has 0 aliphatic carbocycles. The van der Waals surface area contributed by atoms with Crippen LogP contribution >= 0.6 is 11.3 Å². The van der Waals surface area contributed by atoms with Crippen LogP contribution in [0, 0.1) is 12.7 Å². The number of benzene rings is 2. The van der Waals surface area contributed by atoms with Crippen molar-refractivity contribution in [1.82, 2.24) is 14.4 Å². The van der Waals surface area contributed by atoms with E-state index in [1.165, 1.54) is 16.7 Å². The first-order valence-electron chi connectivity index (χ1n) is 9.93. The Kier molecular flexibility index (Phi) is 5.83. The zero-order chi connectivity index (χ0) is 21.3. The molecule has 0 bridgehead atoms. The van der Waals surface area contributed by atoms with Gasteiger partial charge in [-0.2, -0.15) is 0 Å². The van der Waals surface area contributed by atoms with Gasteiger partial charge in [0.15, 0.2) is 0 Å². The molecule has 0 radical (unpaired) electrons. The highest BCUT2D eigenvalue weighted by atomic mass is 32.1. The quantitative estimate of drug-likeness (QED) is 0.642. The summed E-state index contributed by atoms with van der Waals surface area (Å²) in [5.41, 5.74) is 2.51. The van der Waals surface area contributed by atoms with E-state index in [1.54, 1.807) is 12.1 Å². The number of carbonyl (C=O) groups is 1. The fourth-order valence-corrected chi connectivity index (χ4v) is 4.88. The molecule has 1 aliphatic rings.